The highest BCUT2D eigenvalue weighted by Gasteiger charge is 2.77. The molecule has 1 aromatic heterocycles. The molecule has 1 aromatic carbocycles. The number of aliphatic hydroxyl groups is 1. The van der Waals surface area contributed by atoms with E-state index in [1.807, 2.05) is 24.7 Å². The Bertz CT molecular complexity index is 1540. The van der Waals surface area contributed by atoms with Gasteiger partial charge in [0.2, 0.25) is 5.12 Å². The van der Waals surface area contributed by atoms with Crippen molar-refractivity contribution in [3.63, 3.8) is 0 Å². The summed E-state index contributed by atoms with van der Waals surface area (Å²) >= 11 is 0.691. The summed E-state index contributed by atoms with van der Waals surface area (Å²) < 4.78 is 28.5. The Labute approximate surface area is 256 Å². The number of carbonyl (C=O) groups excluding carboxylic acids is 2. The molecule has 1 N–H and O–H groups in total. The average Bonchev–Trinajstić information content (AvgIpc) is 3.53. The van der Waals surface area contributed by atoms with E-state index < -0.39 is 29.0 Å². The van der Waals surface area contributed by atoms with E-state index in [0.29, 0.717) is 24.6 Å². The number of aromatic nitrogens is 2. The Hall–Kier alpha value is -2.53. The minimum absolute atomic E-state index is 0.0112. The topological polar surface area (TPSA) is 93.9 Å². The molecule has 0 spiro atoms. The fraction of sp³-hybridized carbons (Fsp3) is 0.606. The van der Waals surface area contributed by atoms with Crippen molar-refractivity contribution in [1.82, 2.24) is 14.7 Å². The lowest BCUT2D eigenvalue weighted by atomic mass is 9.45. The van der Waals surface area contributed by atoms with Gasteiger partial charge in [-0.1, -0.05) is 19.4 Å². The van der Waals surface area contributed by atoms with Crippen molar-refractivity contribution in [1.29, 1.82) is 0 Å². The van der Waals surface area contributed by atoms with E-state index in [-0.39, 0.29) is 39.3 Å². The lowest BCUT2D eigenvalue weighted by molar-refractivity contribution is -0.222. The molecule has 43 heavy (non-hydrogen) atoms. The number of allylic oxidation sites excluding steroid dienone is 1. The lowest BCUT2D eigenvalue weighted by Gasteiger charge is -2.60. The zero-order valence-corrected chi connectivity index (χ0v) is 26.4. The van der Waals surface area contributed by atoms with E-state index in [4.69, 9.17) is 9.47 Å². The first-order chi connectivity index (χ1) is 20.2. The molecule has 0 bridgehead atoms. The fourth-order valence-corrected chi connectivity index (χ4v) is 10.6. The van der Waals surface area contributed by atoms with E-state index in [2.05, 4.69) is 25.0 Å². The molecule has 3 unspecified atom stereocenters. The summed E-state index contributed by atoms with van der Waals surface area (Å²) in [6.07, 6.45) is 6.52. The van der Waals surface area contributed by atoms with Gasteiger partial charge in [0, 0.05) is 31.3 Å². The molecule has 2 heterocycles. The number of thioether (sulfide) groups is 1. The Morgan fingerprint density at radius 2 is 1.88 bits per heavy atom. The molecule has 4 aliphatic carbocycles. The van der Waals surface area contributed by atoms with E-state index in [1.165, 1.54) is 22.6 Å². The predicted octanol–water partition coefficient (Wildman–Crippen LogP) is 5.61. The van der Waals surface area contributed by atoms with Crippen LogP contribution >= 0.6 is 11.8 Å². The third-order valence-electron chi connectivity index (χ3n) is 11.3. The minimum atomic E-state index is -1.32. The van der Waals surface area contributed by atoms with Crippen molar-refractivity contribution in [3.05, 3.63) is 53.1 Å². The van der Waals surface area contributed by atoms with Gasteiger partial charge in [-0.2, -0.15) is 5.10 Å². The van der Waals surface area contributed by atoms with Crippen LogP contribution in [0.2, 0.25) is 0 Å². The molecular formula is C33H40FN3O5S. The molecule has 5 aliphatic rings. The lowest BCUT2D eigenvalue weighted by Crippen LogP contribution is -2.63. The SMILES string of the molecule is CN(C)C(=O)SC(=O)C12OC(C)(C)O[C@@H]1C[C@H]1[C@@H]3CCC4=Cc5c(cnn5-c5ccc(F)cc5)C[C@]4(C)[C@H]3C(O)CC12C. The van der Waals surface area contributed by atoms with Gasteiger partial charge in [0.25, 0.3) is 5.24 Å². The summed E-state index contributed by atoms with van der Waals surface area (Å²) in [6, 6.07) is 6.37. The zero-order chi connectivity index (χ0) is 30.7. The van der Waals surface area contributed by atoms with E-state index in [1.54, 1.807) is 26.2 Å². The highest BCUT2D eigenvalue weighted by Crippen LogP contribution is 2.71. The van der Waals surface area contributed by atoms with Gasteiger partial charge in [0.05, 0.1) is 29.8 Å². The molecule has 1 saturated heterocycles. The van der Waals surface area contributed by atoms with Crippen molar-refractivity contribution in [3.8, 4) is 5.69 Å². The van der Waals surface area contributed by atoms with Crippen LogP contribution in [0.1, 0.15) is 64.6 Å². The third-order valence-corrected chi connectivity index (χ3v) is 12.4. The van der Waals surface area contributed by atoms with Crippen LogP contribution in [0.3, 0.4) is 0 Å². The van der Waals surface area contributed by atoms with Crippen molar-refractivity contribution in [2.75, 3.05) is 14.1 Å². The Morgan fingerprint density at radius 3 is 2.58 bits per heavy atom. The number of ether oxygens (including phenoxy) is 2. The Kier molecular flexibility index (Phi) is 6.44. The summed E-state index contributed by atoms with van der Waals surface area (Å²) in [5.74, 6) is -1.03. The summed E-state index contributed by atoms with van der Waals surface area (Å²) in [7, 11) is 3.27. The molecule has 3 saturated carbocycles. The number of fused-ring (bicyclic) bond motifs is 8. The second-order valence-corrected chi connectivity index (χ2v) is 15.3. The number of aliphatic hydroxyl groups excluding tert-OH is 1. The van der Waals surface area contributed by atoms with Crippen LogP contribution < -0.4 is 0 Å². The summed E-state index contributed by atoms with van der Waals surface area (Å²) in [5, 5.41) is 16.1. The Balaban J connectivity index is 1.24. The second-order valence-electron chi connectivity index (χ2n) is 14.4. The number of carbonyl (C=O) groups is 2. The largest absolute Gasteiger partial charge is 0.393 e. The number of amides is 1. The number of halogens is 1. The van der Waals surface area contributed by atoms with Crippen molar-refractivity contribution in [2.24, 2.45) is 28.6 Å². The van der Waals surface area contributed by atoms with Gasteiger partial charge < -0.3 is 19.5 Å². The van der Waals surface area contributed by atoms with Crippen molar-refractivity contribution in [2.45, 2.75) is 83.4 Å². The van der Waals surface area contributed by atoms with Gasteiger partial charge in [-0.25, -0.2) is 9.07 Å². The molecule has 10 heteroatoms. The van der Waals surface area contributed by atoms with Gasteiger partial charge in [-0.15, -0.1) is 0 Å². The summed E-state index contributed by atoms with van der Waals surface area (Å²) in [4.78, 5) is 28.3. The smallest absolute Gasteiger partial charge is 0.288 e. The van der Waals surface area contributed by atoms with Gasteiger partial charge in [-0.05, 0) is 105 Å². The number of benzene rings is 1. The first-order valence-corrected chi connectivity index (χ1v) is 16.1. The van der Waals surface area contributed by atoms with Crippen LogP contribution in [0.5, 0.6) is 0 Å². The molecule has 8 nitrogen and oxygen atoms in total. The first kappa shape index (κ1) is 29.2. The number of hydrogen-bond acceptors (Lipinski definition) is 7. The van der Waals surface area contributed by atoms with Gasteiger partial charge in [0.1, 0.15) is 5.82 Å². The third kappa shape index (κ3) is 4.02. The van der Waals surface area contributed by atoms with Gasteiger partial charge >= 0.3 is 0 Å². The highest BCUT2D eigenvalue weighted by atomic mass is 32.2. The maximum absolute atomic E-state index is 14.1. The molecule has 7 rings (SSSR count). The van der Waals surface area contributed by atoms with Crippen molar-refractivity contribution < 1.29 is 28.6 Å². The molecule has 230 valence electrons. The molecule has 1 aliphatic heterocycles. The molecule has 1 amide bonds. The van der Waals surface area contributed by atoms with Crippen LogP contribution in [0.4, 0.5) is 9.18 Å². The molecule has 2 aromatic rings. The predicted molar refractivity (Wildman–Crippen MR) is 161 cm³/mol. The minimum Gasteiger partial charge on any atom is -0.393 e. The Morgan fingerprint density at radius 1 is 1.16 bits per heavy atom. The summed E-state index contributed by atoms with van der Waals surface area (Å²) in [5.41, 5.74) is 1.94. The molecular weight excluding hydrogens is 569 g/mol. The summed E-state index contributed by atoms with van der Waals surface area (Å²) in [6.45, 7) is 8.01. The highest BCUT2D eigenvalue weighted by molar-refractivity contribution is 8.26. The second kappa shape index (κ2) is 9.49. The van der Waals surface area contributed by atoms with Crippen molar-refractivity contribution >= 4 is 28.2 Å². The monoisotopic (exact) mass is 609 g/mol. The maximum Gasteiger partial charge on any atom is 0.288 e. The molecule has 8 atom stereocenters. The van der Waals surface area contributed by atoms with Crippen LogP contribution in [-0.4, -0.2) is 67.8 Å². The molecule has 4 fully saturated rings. The van der Waals surface area contributed by atoms with E-state index in [0.717, 1.165) is 36.2 Å². The van der Waals surface area contributed by atoms with Crippen LogP contribution in [0.15, 0.2) is 36.0 Å². The number of hydrogen-bond donors (Lipinski definition) is 1. The van der Waals surface area contributed by atoms with E-state index in [9.17, 15) is 19.1 Å². The fourth-order valence-electron chi connectivity index (χ4n) is 9.67. The van der Waals surface area contributed by atoms with Gasteiger partial charge in [0.15, 0.2) is 11.4 Å². The average molecular weight is 610 g/mol. The molecule has 0 radical (unpaired) electrons. The van der Waals surface area contributed by atoms with Crippen LogP contribution in [-0.2, 0) is 20.7 Å². The maximum atomic E-state index is 14.1. The van der Waals surface area contributed by atoms with Crippen LogP contribution in [0.25, 0.3) is 11.8 Å². The first-order valence-electron chi connectivity index (χ1n) is 15.2. The quantitative estimate of drug-likeness (QED) is 0.473. The standard InChI is InChI=1S/C33H40FN3O5S/c1-30(2)41-26-14-23-22-12-7-19-13-24-18(17-35-37(24)21-10-8-20(34)9-11-21)15-31(19,3)27(22)25(38)16-32(23,4)33(26,42-30)28(39)43-29(40)36(5)6/h8-11,13,17,22-23,25-27,38H,7,12,14-16H2,1-6H3/t22-,23-,25?,26+,27+,31-,32?,33?/m0/s1. The zero-order valence-electron chi connectivity index (χ0n) is 25.6. The normalized spacial score (nSPS) is 38.7. The van der Waals surface area contributed by atoms with Gasteiger partial charge in [-0.3, -0.25) is 9.59 Å². The number of rotatable bonds is 2. The van der Waals surface area contributed by atoms with Crippen LogP contribution in [0, 0.1) is 34.4 Å². The van der Waals surface area contributed by atoms with E-state index >= 15 is 0 Å². The number of nitrogens with zero attached hydrogens (tertiary/aromatic N) is 3.